The molecule has 32 heavy (non-hydrogen) atoms. The van der Waals surface area contributed by atoms with Crippen LogP contribution in [0.2, 0.25) is 5.02 Å². The average molecular weight is 463 g/mol. The molecule has 0 bridgehead atoms. The molecule has 0 aliphatic rings. The van der Waals surface area contributed by atoms with Gasteiger partial charge in [-0.2, -0.15) is 5.10 Å². The van der Waals surface area contributed by atoms with Crippen LogP contribution in [-0.4, -0.2) is 35.9 Å². The Morgan fingerprint density at radius 1 is 1.03 bits per heavy atom. The quantitative estimate of drug-likeness (QED) is 0.370. The monoisotopic (exact) mass is 462 g/mol. The van der Waals surface area contributed by atoms with Crippen LogP contribution in [0.25, 0.3) is 22.4 Å². The van der Waals surface area contributed by atoms with E-state index in [1.165, 1.54) is 22.9 Å². The average Bonchev–Trinajstić information content (AvgIpc) is 3.39. The molecule has 7 nitrogen and oxygen atoms in total. The highest BCUT2D eigenvalue weighted by atomic mass is 35.5. The topological polar surface area (TPSA) is 76.6 Å². The number of aryl methyl sites for hydroxylation is 2. The zero-order valence-corrected chi connectivity index (χ0v) is 19.0. The minimum atomic E-state index is -0.128. The fourth-order valence-electron chi connectivity index (χ4n) is 3.39. The lowest BCUT2D eigenvalue weighted by Crippen LogP contribution is -2.14. The van der Waals surface area contributed by atoms with Gasteiger partial charge in [-0.15, -0.1) is 10.2 Å². The molecule has 3 aromatic heterocycles. The zero-order valence-electron chi connectivity index (χ0n) is 17.4. The third-order valence-electron chi connectivity index (χ3n) is 5.25. The maximum Gasteiger partial charge on any atom is 0.234 e. The minimum absolute atomic E-state index is 0.128. The van der Waals surface area contributed by atoms with E-state index >= 15 is 0 Å². The number of thioether (sulfide) groups is 1. The summed E-state index contributed by atoms with van der Waals surface area (Å²) in [6, 6.07) is 15.3. The van der Waals surface area contributed by atoms with E-state index in [0.29, 0.717) is 21.5 Å². The number of hydrogen-bond acceptors (Lipinski definition) is 5. The van der Waals surface area contributed by atoms with Crippen LogP contribution in [0.3, 0.4) is 0 Å². The number of rotatable bonds is 5. The lowest BCUT2D eigenvalue weighted by atomic mass is 10.0. The van der Waals surface area contributed by atoms with E-state index in [9.17, 15) is 4.79 Å². The van der Waals surface area contributed by atoms with Crippen molar-refractivity contribution in [3.63, 3.8) is 0 Å². The molecule has 3 heterocycles. The van der Waals surface area contributed by atoms with Gasteiger partial charge in [0.25, 0.3) is 0 Å². The van der Waals surface area contributed by atoms with Crippen molar-refractivity contribution in [1.29, 1.82) is 0 Å². The van der Waals surface area contributed by atoms with Gasteiger partial charge in [0.1, 0.15) is 5.52 Å². The number of halogens is 1. The number of nitrogens with one attached hydrogen (secondary N) is 1. The second-order valence-corrected chi connectivity index (χ2v) is 8.86. The molecule has 160 valence electrons. The van der Waals surface area contributed by atoms with Crippen LogP contribution in [0.4, 0.5) is 5.69 Å². The Hall–Kier alpha value is -3.36. The summed E-state index contributed by atoms with van der Waals surface area (Å²) in [7, 11) is 0. The molecule has 0 aliphatic heterocycles. The Labute approximate surface area is 193 Å². The normalized spacial score (nSPS) is 11.3. The molecule has 2 aromatic carbocycles. The Morgan fingerprint density at radius 2 is 1.84 bits per heavy atom. The third-order valence-corrected chi connectivity index (χ3v) is 6.44. The van der Waals surface area contributed by atoms with Crippen LogP contribution in [0.15, 0.2) is 66.1 Å². The predicted molar refractivity (Wildman–Crippen MR) is 127 cm³/mol. The number of carbonyl (C=O) groups excluding carboxylic acids is 1. The summed E-state index contributed by atoms with van der Waals surface area (Å²) in [6.07, 6.45) is 3.73. The molecule has 0 spiro atoms. The van der Waals surface area contributed by atoms with Crippen LogP contribution in [0, 0.1) is 13.8 Å². The summed E-state index contributed by atoms with van der Waals surface area (Å²) in [5.41, 5.74) is 6.65. The van der Waals surface area contributed by atoms with Gasteiger partial charge in [-0.05, 0) is 61.4 Å². The van der Waals surface area contributed by atoms with Gasteiger partial charge < -0.3 is 5.32 Å². The molecule has 5 rings (SSSR count). The molecule has 0 saturated heterocycles. The number of aromatic nitrogens is 5. The van der Waals surface area contributed by atoms with Crippen molar-refractivity contribution < 1.29 is 4.79 Å². The Bertz CT molecular complexity index is 1460. The first-order valence-corrected chi connectivity index (χ1v) is 11.3. The summed E-state index contributed by atoms with van der Waals surface area (Å²) in [5, 5.41) is 17.4. The van der Waals surface area contributed by atoms with Crippen molar-refractivity contribution in [1.82, 2.24) is 24.2 Å². The zero-order chi connectivity index (χ0) is 22.2. The SMILES string of the molecule is Cc1ccc(-c2cc3c4nnc(SCC(=O)Nc5ccc(Cl)cc5)n4ccn3n2)cc1C. The second-order valence-electron chi connectivity index (χ2n) is 7.48. The molecule has 0 aliphatic carbocycles. The van der Waals surface area contributed by atoms with Crippen LogP contribution in [0.1, 0.15) is 11.1 Å². The van der Waals surface area contributed by atoms with Crippen LogP contribution >= 0.6 is 23.4 Å². The van der Waals surface area contributed by atoms with Crippen molar-refractivity contribution in [2.75, 3.05) is 11.1 Å². The maximum absolute atomic E-state index is 12.3. The fourth-order valence-corrected chi connectivity index (χ4v) is 4.23. The fraction of sp³-hybridized carbons (Fsp3) is 0.130. The molecule has 1 N–H and O–H groups in total. The van der Waals surface area contributed by atoms with Gasteiger partial charge in [0.2, 0.25) is 5.91 Å². The number of benzene rings is 2. The minimum Gasteiger partial charge on any atom is -0.325 e. The Morgan fingerprint density at radius 3 is 2.62 bits per heavy atom. The third kappa shape index (κ3) is 3.94. The van der Waals surface area contributed by atoms with E-state index in [0.717, 1.165) is 16.8 Å². The molecule has 9 heteroatoms. The first-order chi connectivity index (χ1) is 15.5. The van der Waals surface area contributed by atoms with E-state index in [1.807, 2.05) is 22.9 Å². The summed E-state index contributed by atoms with van der Waals surface area (Å²) in [4.78, 5) is 12.3. The van der Waals surface area contributed by atoms with Gasteiger partial charge >= 0.3 is 0 Å². The van der Waals surface area contributed by atoms with Crippen molar-refractivity contribution >= 4 is 46.1 Å². The predicted octanol–water partition coefficient (Wildman–Crippen LogP) is 5.05. The van der Waals surface area contributed by atoms with Gasteiger partial charge in [0.15, 0.2) is 10.8 Å². The Kier molecular flexibility index (Phi) is 5.32. The molecule has 0 radical (unpaired) electrons. The maximum atomic E-state index is 12.3. The van der Waals surface area contributed by atoms with Gasteiger partial charge in [-0.1, -0.05) is 35.5 Å². The van der Waals surface area contributed by atoms with Crippen LogP contribution in [0.5, 0.6) is 0 Å². The summed E-state index contributed by atoms with van der Waals surface area (Å²) in [6.45, 7) is 4.19. The molecular weight excluding hydrogens is 444 g/mol. The van der Waals surface area contributed by atoms with Crippen LogP contribution in [-0.2, 0) is 4.79 Å². The highest BCUT2D eigenvalue weighted by Gasteiger charge is 2.14. The van der Waals surface area contributed by atoms with Crippen LogP contribution < -0.4 is 5.32 Å². The van der Waals surface area contributed by atoms with Crippen molar-refractivity contribution in [3.05, 3.63) is 77.1 Å². The highest BCUT2D eigenvalue weighted by molar-refractivity contribution is 7.99. The lowest BCUT2D eigenvalue weighted by molar-refractivity contribution is -0.113. The number of nitrogens with zero attached hydrogens (tertiary/aromatic N) is 5. The van der Waals surface area contributed by atoms with E-state index < -0.39 is 0 Å². The van der Waals surface area contributed by atoms with E-state index in [4.69, 9.17) is 16.7 Å². The van der Waals surface area contributed by atoms with Crippen molar-refractivity contribution in [2.45, 2.75) is 19.0 Å². The number of amides is 1. The number of fused-ring (bicyclic) bond motifs is 3. The largest absolute Gasteiger partial charge is 0.325 e. The molecular formula is C23H19ClN6OS. The molecule has 0 atom stereocenters. The van der Waals surface area contributed by atoms with Crippen molar-refractivity contribution in [2.24, 2.45) is 0 Å². The standard InChI is InChI=1S/C23H19ClN6OS/c1-14-3-4-16(11-15(14)2)19-12-20-22-26-27-23(29(22)9-10-30(20)28-19)32-13-21(31)25-18-7-5-17(24)6-8-18/h3-12H,13H2,1-2H3,(H,25,31). The Balaban J connectivity index is 1.37. The molecule has 0 saturated carbocycles. The molecule has 1 amide bonds. The van der Waals surface area contributed by atoms with Gasteiger partial charge in [0, 0.05) is 28.7 Å². The van der Waals surface area contributed by atoms with Gasteiger partial charge in [-0.3, -0.25) is 9.20 Å². The number of hydrogen-bond donors (Lipinski definition) is 1. The van der Waals surface area contributed by atoms with Gasteiger partial charge in [-0.25, -0.2) is 4.52 Å². The summed E-state index contributed by atoms with van der Waals surface area (Å²) in [5.74, 6) is 0.0819. The second kappa shape index (κ2) is 8.29. The molecule has 0 fully saturated rings. The number of anilines is 1. The summed E-state index contributed by atoms with van der Waals surface area (Å²) >= 11 is 7.21. The molecule has 0 unspecified atom stereocenters. The summed E-state index contributed by atoms with van der Waals surface area (Å²) < 4.78 is 3.68. The van der Waals surface area contributed by atoms with E-state index in [1.54, 1.807) is 28.8 Å². The van der Waals surface area contributed by atoms with E-state index in [-0.39, 0.29) is 11.7 Å². The smallest absolute Gasteiger partial charge is 0.234 e. The van der Waals surface area contributed by atoms with Crippen molar-refractivity contribution in [3.8, 4) is 11.3 Å². The molecule has 5 aromatic rings. The lowest BCUT2D eigenvalue weighted by Gasteiger charge is -2.04. The first-order valence-electron chi connectivity index (χ1n) is 9.97. The number of carbonyl (C=O) groups is 1. The van der Waals surface area contributed by atoms with E-state index in [2.05, 4.69) is 47.6 Å². The first kappa shape index (κ1) is 20.5. The van der Waals surface area contributed by atoms with Gasteiger partial charge in [0.05, 0.1) is 11.4 Å². The highest BCUT2D eigenvalue weighted by Crippen LogP contribution is 2.25.